The van der Waals surface area contributed by atoms with Crippen molar-refractivity contribution in [2.45, 2.75) is 5.38 Å². The van der Waals surface area contributed by atoms with Crippen LogP contribution in [0.4, 0.5) is 13.2 Å². The van der Waals surface area contributed by atoms with Crippen LogP contribution in [0, 0.1) is 5.82 Å². The smallest absolute Gasteiger partial charge is 0.286 e. The summed E-state index contributed by atoms with van der Waals surface area (Å²) < 4.78 is 37.3. The third-order valence-corrected chi connectivity index (χ3v) is 1.93. The van der Waals surface area contributed by atoms with Gasteiger partial charge in [-0.05, 0) is 29.8 Å². The molecule has 14 heavy (non-hydrogen) atoms. The van der Waals surface area contributed by atoms with Gasteiger partial charge in [0.1, 0.15) is 5.82 Å². The van der Waals surface area contributed by atoms with Gasteiger partial charge in [-0.2, -0.15) is 8.78 Å². The van der Waals surface area contributed by atoms with Crippen molar-refractivity contribution in [3.05, 3.63) is 34.6 Å². The zero-order valence-corrected chi connectivity index (χ0v) is 8.04. The highest BCUT2D eigenvalue weighted by atomic mass is 35.5. The van der Waals surface area contributed by atoms with Crippen molar-refractivity contribution in [3.8, 4) is 0 Å². The minimum Gasteiger partial charge on any atom is -0.286 e. The van der Waals surface area contributed by atoms with Crippen LogP contribution in [0.25, 0.3) is 0 Å². The molecule has 0 aliphatic rings. The Balaban J connectivity index is 3.19. The molecule has 1 nitrogen and oxygen atoms in total. The average Bonchev–Trinajstić information content (AvgIpc) is 2.06. The van der Waals surface area contributed by atoms with E-state index in [9.17, 15) is 18.0 Å². The van der Waals surface area contributed by atoms with Gasteiger partial charge in [-0.3, -0.25) is 4.79 Å². The number of halogens is 5. The normalized spacial score (nSPS) is 11.5. The fourth-order valence-electron chi connectivity index (χ4n) is 0.824. The standard InChI is InChI=1S/C8H3Cl2F3O/c9-6-2-1-4(11)3-5(6)7(14)8(10,12)13/h1-3H. The van der Waals surface area contributed by atoms with E-state index in [2.05, 4.69) is 11.6 Å². The van der Waals surface area contributed by atoms with Crippen LogP contribution in [0.15, 0.2) is 18.2 Å². The highest BCUT2D eigenvalue weighted by Gasteiger charge is 2.37. The van der Waals surface area contributed by atoms with Crippen LogP contribution in [0.1, 0.15) is 10.4 Å². The van der Waals surface area contributed by atoms with Crippen LogP contribution in [-0.2, 0) is 0 Å². The number of carbonyl (C=O) groups is 1. The minimum atomic E-state index is -4.07. The van der Waals surface area contributed by atoms with E-state index in [4.69, 9.17) is 11.6 Å². The van der Waals surface area contributed by atoms with Crippen molar-refractivity contribution in [2.24, 2.45) is 0 Å². The molecule has 0 aliphatic carbocycles. The van der Waals surface area contributed by atoms with Gasteiger partial charge >= 0.3 is 5.38 Å². The fraction of sp³-hybridized carbons (Fsp3) is 0.125. The fourth-order valence-corrected chi connectivity index (χ4v) is 1.13. The summed E-state index contributed by atoms with van der Waals surface area (Å²) in [6.45, 7) is 0. The van der Waals surface area contributed by atoms with Gasteiger partial charge in [-0.25, -0.2) is 4.39 Å². The second-order valence-corrected chi connectivity index (χ2v) is 3.33. The summed E-state index contributed by atoms with van der Waals surface area (Å²) in [6.07, 6.45) is 0. The zero-order valence-electron chi connectivity index (χ0n) is 6.53. The van der Waals surface area contributed by atoms with E-state index in [1.54, 1.807) is 0 Å². The van der Waals surface area contributed by atoms with Crippen molar-refractivity contribution in [2.75, 3.05) is 0 Å². The maximum atomic E-state index is 12.6. The summed E-state index contributed by atoms with van der Waals surface area (Å²) in [4.78, 5) is 10.9. The summed E-state index contributed by atoms with van der Waals surface area (Å²) in [7, 11) is 0. The lowest BCUT2D eigenvalue weighted by molar-refractivity contribution is 0.0536. The van der Waals surface area contributed by atoms with Gasteiger partial charge in [0.25, 0.3) is 0 Å². The molecule has 6 heteroatoms. The van der Waals surface area contributed by atoms with Gasteiger partial charge < -0.3 is 0 Å². The Kier molecular flexibility index (Phi) is 3.07. The molecule has 0 unspecified atom stereocenters. The van der Waals surface area contributed by atoms with Crippen molar-refractivity contribution in [3.63, 3.8) is 0 Å². The maximum Gasteiger partial charge on any atom is 0.384 e. The quantitative estimate of drug-likeness (QED) is 0.573. The number of ketones is 1. The average molecular weight is 243 g/mol. The van der Waals surface area contributed by atoms with Crippen molar-refractivity contribution < 1.29 is 18.0 Å². The molecular weight excluding hydrogens is 240 g/mol. The van der Waals surface area contributed by atoms with Crippen LogP contribution >= 0.6 is 23.2 Å². The van der Waals surface area contributed by atoms with Crippen molar-refractivity contribution in [1.29, 1.82) is 0 Å². The first kappa shape index (κ1) is 11.3. The first-order chi connectivity index (χ1) is 6.32. The van der Waals surface area contributed by atoms with E-state index in [-0.39, 0.29) is 5.02 Å². The molecule has 0 bridgehead atoms. The topological polar surface area (TPSA) is 17.1 Å². The van der Waals surface area contributed by atoms with Gasteiger partial charge in [0.05, 0.1) is 5.02 Å². The molecule has 1 aromatic rings. The summed E-state index contributed by atoms with van der Waals surface area (Å²) >= 11 is 9.90. The maximum absolute atomic E-state index is 12.6. The molecule has 0 heterocycles. The van der Waals surface area contributed by atoms with Crippen molar-refractivity contribution in [1.82, 2.24) is 0 Å². The molecule has 0 spiro atoms. The predicted molar refractivity (Wildman–Crippen MR) is 46.5 cm³/mol. The lowest BCUT2D eigenvalue weighted by Crippen LogP contribution is -2.21. The van der Waals surface area contributed by atoms with Gasteiger partial charge in [0.15, 0.2) is 0 Å². The van der Waals surface area contributed by atoms with Crippen LogP contribution in [0.2, 0.25) is 5.02 Å². The number of rotatable bonds is 2. The van der Waals surface area contributed by atoms with E-state index in [0.29, 0.717) is 6.07 Å². The van der Waals surface area contributed by atoms with E-state index >= 15 is 0 Å². The third kappa shape index (κ3) is 2.39. The lowest BCUT2D eigenvalue weighted by atomic mass is 10.1. The highest BCUT2D eigenvalue weighted by molar-refractivity contribution is 6.39. The van der Waals surface area contributed by atoms with Gasteiger partial charge in [0.2, 0.25) is 5.78 Å². The van der Waals surface area contributed by atoms with Crippen LogP contribution in [-0.4, -0.2) is 11.2 Å². The Labute approximate surface area is 87.4 Å². The first-order valence-corrected chi connectivity index (χ1v) is 4.14. The second kappa shape index (κ2) is 3.79. The van der Waals surface area contributed by atoms with E-state index in [1.807, 2.05) is 0 Å². The Morgan fingerprint density at radius 1 is 1.36 bits per heavy atom. The molecule has 0 N–H and O–H groups in total. The molecule has 0 aliphatic heterocycles. The molecule has 1 aromatic carbocycles. The molecule has 1 rings (SSSR count). The number of alkyl halides is 3. The first-order valence-electron chi connectivity index (χ1n) is 3.39. The summed E-state index contributed by atoms with van der Waals surface area (Å²) in [5.74, 6) is -2.55. The van der Waals surface area contributed by atoms with Crippen LogP contribution in [0.3, 0.4) is 0 Å². The number of carbonyl (C=O) groups excluding carboxylic acids is 1. The van der Waals surface area contributed by atoms with Gasteiger partial charge in [-0.15, -0.1) is 0 Å². The number of Topliss-reactive ketones (excluding diaryl/α,β-unsaturated/α-hetero) is 1. The number of hydrogen-bond donors (Lipinski definition) is 0. The molecule has 0 saturated carbocycles. The van der Waals surface area contributed by atoms with E-state index < -0.39 is 22.5 Å². The SMILES string of the molecule is O=C(c1cc(F)ccc1Cl)C(F)(F)Cl. The molecule has 0 aromatic heterocycles. The molecule has 0 radical (unpaired) electrons. The Hall–Kier alpha value is -0.740. The molecule has 0 fully saturated rings. The Morgan fingerprint density at radius 3 is 2.43 bits per heavy atom. The summed E-state index contributed by atoms with van der Waals surface area (Å²) in [6, 6.07) is 2.57. The Bertz CT molecular complexity index is 373. The van der Waals surface area contributed by atoms with Crippen LogP contribution in [0.5, 0.6) is 0 Å². The molecule has 0 atom stereocenters. The predicted octanol–water partition coefficient (Wildman–Crippen LogP) is 3.49. The largest absolute Gasteiger partial charge is 0.384 e. The summed E-state index contributed by atoms with van der Waals surface area (Å²) in [5, 5.41) is -4.34. The highest BCUT2D eigenvalue weighted by Crippen LogP contribution is 2.28. The van der Waals surface area contributed by atoms with Crippen LogP contribution < -0.4 is 0 Å². The van der Waals surface area contributed by atoms with Crippen molar-refractivity contribution >= 4 is 29.0 Å². The van der Waals surface area contributed by atoms with E-state index in [1.165, 1.54) is 0 Å². The minimum absolute atomic E-state index is 0.267. The lowest BCUT2D eigenvalue weighted by Gasteiger charge is -2.07. The van der Waals surface area contributed by atoms with Gasteiger partial charge in [-0.1, -0.05) is 11.6 Å². The monoisotopic (exact) mass is 242 g/mol. The zero-order chi connectivity index (χ0) is 10.9. The Morgan fingerprint density at radius 2 is 1.93 bits per heavy atom. The summed E-state index contributed by atoms with van der Waals surface area (Å²) in [5.41, 5.74) is -0.633. The van der Waals surface area contributed by atoms with Gasteiger partial charge in [0, 0.05) is 5.56 Å². The molecule has 0 amide bonds. The number of hydrogen-bond acceptors (Lipinski definition) is 1. The van der Waals surface area contributed by atoms with E-state index in [0.717, 1.165) is 12.1 Å². The third-order valence-electron chi connectivity index (χ3n) is 1.43. The molecule has 0 saturated heterocycles. The molecule has 76 valence electrons. The number of benzene rings is 1. The molecular formula is C8H3Cl2F3O. The second-order valence-electron chi connectivity index (χ2n) is 2.45.